The van der Waals surface area contributed by atoms with Crippen molar-refractivity contribution in [1.29, 1.82) is 0 Å². The minimum absolute atomic E-state index is 0.630. The highest BCUT2D eigenvalue weighted by atomic mass is 15.2. The van der Waals surface area contributed by atoms with Crippen molar-refractivity contribution in [2.24, 2.45) is 5.92 Å². The summed E-state index contributed by atoms with van der Waals surface area (Å²) in [5, 5.41) is 7.16. The van der Waals surface area contributed by atoms with E-state index in [1.807, 2.05) is 0 Å². The van der Waals surface area contributed by atoms with Gasteiger partial charge in [0.05, 0.1) is 0 Å². The van der Waals surface area contributed by atoms with Gasteiger partial charge in [0.15, 0.2) is 0 Å². The highest BCUT2D eigenvalue weighted by molar-refractivity contribution is 4.82. The van der Waals surface area contributed by atoms with E-state index in [0.717, 1.165) is 25.0 Å². The van der Waals surface area contributed by atoms with Crippen LogP contribution in [0.4, 0.5) is 0 Å². The Morgan fingerprint density at radius 3 is 2.71 bits per heavy atom. The van der Waals surface area contributed by atoms with Gasteiger partial charge in [0.25, 0.3) is 0 Å². The Morgan fingerprint density at radius 2 is 1.82 bits per heavy atom. The van der Waals surface area contributed by atoms with Crippen molar-refractivity contribution < 1.29 is 0 Å². The fourth-order valence-corrected chi connectivity index (χ4v) is 3.16. The van der Waals surface area contributed by atoms with Gasteiger partial charge < -0.3 is 10.6 Å². The minimum Gasteiger partial charge on any atom is -0.315 e. The summed E-state index contributed by atoms with van der Waals surface area (Å²) in [6.07, 6.45) is 5.54. The molecule has 0 aromatic carbocycles. The van der Waals surface area contributed by atoms with E-state index in [0.29, 0.717) is 6.04 Å². The summed E-state index contributed by atoms with van der Waals surface area (Å²) in [7, 11) is 0. The van der Waals surface area contributed by atoms with Gasteiger partial charge in [-0.1, -0.05) is 6.92 Å². The average Bonchev–Trinajstić information content (AvgIpc) is 2.48. The van der Waals surface area contributed by atoms with Crippen molar-refractivity contribution in [3.05, 3.63) is 0 Å². The molecule has 0 saturated carbocycles. The van der Waals surface area contributed by atoms with E-state index in [9.17, 15) is 0 Å². The summed E-state index contributed by atoms with van der Waals surface area (Å²) < 4.78 is 0. The van der Waals surface area contributed by atoms with Gasteiger partial charge in [0.2, 0.25) is 0 Å². The smallest absolute Gasteiger partial charge is 0.0167 e. The monoisotopic (exact) mass is 239 g/mol. The topological polar surface area (TPSA) is 27.3 Å². The highest BCUT2D eigenvalue weighted by Gasteiger charge is 2.24. The lowest BCUT2D eigenvalue weighted by Crippen LogP contribution is -2.48. The molecular formula is C14H29N3. The molecule has 0 radical (unpaired) electrons. The molecule has 2 fully saturated rings. The van der Waals surface area contributed by atoms with Crippen LogP contribution < -0.4 is 10.6 Å². The van der Waals surface area contributed by atoms with E-state index in [1.165, 1.54) is 45.3 Å². The zero-order chi connectivity index (χ0) is 12.1. The molecule has 2 heterocycles. The van der Waals surface area contributed by atoms with Crippen LogP contribution in [0.2, 0.25) is 0 Å². The predicted molar refractivity (Wildman–Crippen MR) is 73.3 cm³/mol. The van der Waals surface area contributed by atoms with Crippen molar-refractivity contribution in [3.8, 4) is 0 Å². The van der Waals surface area contributed by atoms with Gasteiger partial charge in [-0.15, -0.1) is 0 Å². The molecule has 2 aliphatic heterocycles. The summed E-state index contributed by atoms with van der Waals surface area (Å²) in [6.45, 7) is 10.7. The Morgan fingerprint density at radius 1 is 0.941 bits per heavy atom. The third-order valence-corrected chi connectivity index (χ3v) is 4.38. The van der Waals surface area contributed by atoms with Crippen molar-refractivity contribution in [2.75, 3.05) is 32.7 Å². The summed E-state index contributed by atoms with van der Waals surface area (Å²) in [4.78, 5) is 2.74. The summed E-state index contributed by atoms with van der Waals surface area (Å²) >= 11 is 0. The Balaban J connectivity index is 1.96. The minimum atomic E-state index is 0.630. The molecule has 3 nitrogen and oxygen atoms in total. The van der Waals surface area contributed by atoms with Crippen LogP contribution in [0.3, 0.4) is 0 Å². The fourth-order valence-electron chi connectivity index (χ4n) is 3.16. The maximum atomic E-state index is 3.61. The van der Waals surface area contributed by atoms with Crippen molar-refractivity contribution in [3.63, 3.8) is 0 Å². The molecule has 0 aromatic rings. The van der Waals surface area contributed by atoms with E-state index in [-0.39, 0.29) is 0 Å². The molecule has 0 aromatic heterocycles. The van der Waals surface area contributed by atoms with E-state index < -0.39 is 0 Å². The van der Waals surface area contributed by atoms with Crippen LogP contribution in [0, 0.1) is 5.92 Å². The second-order valence-electron chi connectivity index (χ2n) is 6.01. The lowest BCUT2D eigenvalue weighted by Gasteiger charge is -2.33. The van der Waals surface area contributed by atoms with Crippen LogP contribution in [0.25, 0.3) is 0 Å². The first kappa shape index (κ1) is 13.3. The van der Waals surface area contributed by atoms with E-state index in [2.05, 4.69) is 29.4 Å². The average molecular weight is 239 g/mol. The number of hydrogen-bond acceptors (Lipinski definition) is 3. The maximum absolute atomic E-state index is 3.61. The van der Waals surface area contributed by atoms with Crippen molar-refractivity contribution in [2.45, 2.75) is 51.6 Å². The first-order chi connectivity index (χ1) is 8.25. The zero-order valence-electron chi connectivity index (χ0n) is 11.5. The lowest BCUT2D eigenvalue weighted by atomic mass is 10.00. The zero-order valence-corrected chi connectivity index (χ0v) is 11.5. The Bertz CT molecular complexity index is 220. The molecule has 2 saturated heterocycles. The molecule has 3 heteroatoms. The van der Waals surface area contributed by atoms with E-state index in [4.69, 9.17) is 0 Å². The molecule has 0 spiro atoms. The largest absolute Gasteiger partial charge is 0.315 e. The number of rotatable bonds is 0. The van der Waals surface area contributed by atoms with Gasteiger partial charge in [0, 0.05) is 31.7 Å². The van der Waals surface area contributed by atoms with Gasteiger partial charge in [-0.05, 0) is 51.6 Å². The van der Waals surface area contributed by atoms with Crippen LogP contribution in [-0.4, -0.2) is 49.7 Å². The standard InChI is InChI=1S/C14H29N3/c1-12-3-4-14-5-7-15-8-9-16-13(2)11-17(14)10-6-12/h12-16H,3-11H2,1-2H3. The maximum Gasteiger partial charge on any atom is 0.0167 e. The molecule has 2 aliphatic rings. The Kier molecular flexibility index (Phi) is 5.26. The molecular weight excluding hydrogens is 210 g/mol. The molecule has 2 N–H and O–H groups in total. The molecule has 0 aliphatic carbocycles. The third-order valence-electron chi connectivity index (χ3n) is 4.38. The van der Waals surface area contributed by atoms with Crippen LogP contribution >= 0.6 is 0 Å². The summed E-state index contributed by atoms with van der Waals surface area (Å²) in [5.41, 5.74) is 0. The fraction of sp³-hybridized carbons (Fsp3) is 1.00. The van der Waals surface area contributed by atoms with Crippen LogP contribution in [0.15, 0.2) is 0 Å². The van der Waals surface area contributed by atoms with Gasteiger partial charge in [0.1, 0.15) is 0 Å². The van der Waals surface area contributed by atoms with Crippen molar-refractivity contribution >= 4 is 0 Å². The molecule has 2 rings (SSSR count). The lowest BCUT2D eigenvalue weighted by molar-refractivity contribution is 0.168. The molecule has 3 atom stereocenters. The van der Waals surface area contributed by atoms with Gasteiger partial charge in [-0.3, -0.25) is 4.90 Å². The first-order valence-electron chi connectivity index (χ1n) is 7.44. The molecule has 0 bridgehead atoms. The highest BCUT2D eigenvalue weighted by Crippen LogP contribution is 2.23. The van der Waals surface area contributed by atoms with Gasteiger partial charge >= 0.3 is 0 Å². The Hall–Kier alpha value is -0.120. The quantitative estimate of drug-likeness (QED) is 0.670. The summed E-state index contributed by atoms with van der Waals surface area (Å²) in [5.74, 6) is 0.920. The van der Waals surface area contributed by atoms with Crippen LogP contribution in [-0.2, 0) is 0 Å². The third kappa shape index (κ3) is 4.23. The molecule has 0 amide bonds. The Labute approximate surface area is 106 Å². The van der Waals surface area contributed by atoms with E-state index >= 15 is 0 Å². The van der Waals surface area contributed by atoms with E-state index in [1.54, 1.807) is 0 Å². The number of hydrogen-bond donors (Lipinski definition) is 2. The normalized spacial score (nSPS) is 38.1. The number of fused-ring (bicyclic) bond motifs is 1. The van der Waals surface area contributed by atoms with Crippen LogP contribution in [0.1, 0.15) is 39.5 Å². The molecule has 100 valence electrons. The van der Waals surface area contributed by atoms with Crippen molar-refractivity contribution in [1.82, 2.24) is 15.5 Å². The first-order valence-corrected chi connectivity index (χ1v) is 7.44. The number of nitrogens with one attached hydrogen (secondary N) is 2. The van der Waals surface area contributed by atoms with Gasteiger partial charge in [-0.25, -0.2) is 0 Å². The molecule has 17 heavy (non-hydrogen) atoms. The molecule has 3 unspecified atom stereocenters. The second-order valence-corrected chi connectivity index (χ2v) is 6.01. The predicted octanol–water partition coefficient (Wildman–Crippen LogP) is 1.45. The SMILES string of the molecule is CC1CCC2CCNCCNC(C)CN2CC1. The van der Waals surface area contributed by atoms with Crippen LogP contribution in [0.5, 0.6) is 0 Å². The second kappa shape index (κ2) is 6.72. The number of nitrogens with zero attached hydrogens (tertiary/aromatic N) is 1. The van der Waals surface area contributed by atoms with Gasteiger partial charge in [-0.2, -0.15) is 0 Å². The summed E-state index contributed by atoms with van der Waals surface area (Å²) in [6, 6.07) is 1.45.